The Morgan fingerprint density at radius 3 is 2.46 bits per heavy atom. The molecule has 26 heavy (non-hydrogen) atoms. The van der Waals surface area contributed by atoms with Crippen LogP contribution in [0.5, 0.6) is 0 Å². The summed E-state index contributed by atoms with van der Waals surface area (Å²) in [5, 5.41) is 2.63. The number of fused-ring (bicyclic) bond motifs is 1. The summed E-state index contributed by atoms with van der Waals surface area (Å²) in [5.41, 5.74) is 0.695. The molecule has 1 fully saturated rings. The molecule has 0 aromatic heterocycles. The van der Waals surface area contributed by atoms with Gasteiger partial charge in [0, 0.05) is 18.1 Å². The number of methoxy groups -OCH3 is 1. The number of carbonyl (C=O) groups is 4. The lowest BCUT2D eigenvalue weighted by Gasteiger charge is -2.20. The van der Waals surface area contributed by atoms with Gasteiger partial charge in [0.2, 0.25) is 0 Å². The zero-order valence-electron chi connectivity index (χ0n) is 14.1. The number of hydrogen-bond donors (Lipinski definition) is 1. The molecule has 1 N–H and O–H groups in total. The van der Waals surface area contributed by atoms with Crippen LogP contribution in [0.1, 0.15) is 27.1 Å². The second kappa shape index (κ2) is 7.77. The molecule has 1 saturated heterocycles. The van der Waals surface area contributed by atoms with E-state index in [-0.39, 0.29) is 19.0 Å². The number of carbonyl (C=O) groups excluding carboxylic acids is 4. The predicted molar refractivity (Wildman–Crippen MR) is 93.0 cm³/mol. The maximum Gasteiger partial charge on any atom is 0.407 e. The number of ether oxygens (including phenoxy) is 2. The molecule has 2 atom stereocenters. The van der Waals surface area contributed by atoms with Crippen molar-refractivity contribution in [3.05, 3.63) is 35.4 Å². The fourth-order valence-corrected chi connectivity index (χ4v) is 4.09. The van der Waals surface area contributed by atoms with Crippen molar-refractivity contribution in [2.75, 3.05) is 25.2 Å². The maximum atomic E-state index is 12.3. The van der Waals surface area contributed by atoms with Crippen LogP contribution in [0.4, 0.5) is 4.79 Å². The zero-order valence-corrected chi connectivity index (χ0v) is 14.9. The third kappa shape index (κ3) is 3.67. The first-order chi connectivity index (χ1) is 12.5. The molecule has 0 radical (unpaired) electrons. The molecular weight excluding hydrogens is 360 g/mol. The van der Waals surface area contributed by atoms with Gasteiger partial charge in [0.1, 0.15) is 6.10 Å². The highest BCUT2D eigenvalue weighted by molar-refractivity contribution is 7.99. The fourth-order valence-electron chi connectivity index (χ4n) is 2.87. The molecule has 0 spiro atoms. The summed E-state index contributed by atoms with van der Waals surface area (Å²) >= 11 is 1.55. The quantitative estimate of drug-likeness (QED) is 0.604. The van der Waals surface area contributed by atoms with E-state index in [4.69, 9.17) is 4.74 Å². The summed E-state index contributed by atoms with van der Waals surface area (Å²) in [6.45, 7) is -0.0415. The van der Waals surface area contributed by atoms with E-state index < -0.39 is 30.0 Å². The summed E-state index contributed by atoms with van der Waals surface area (Å²) in [7, 11) is 1.26. The number of esters is 1. The molecule has 0 saturated carbocycles. The third-order valence-electron chi connectivity index (χ3n) is 4.22. The molecule has 3 rings (SSSR count). The molecule has 2 heterocycles. The van der Waals surface area contributed by atoms with Gasteiger partial charge in [-0.1, -0.05) is 12.1 Å². The van der Waals surface area contributed by atoms with Crippen molar-refractivity contribution < 1.29 is 28.7 Å². The smallest absolute Gasteiger partial charge is 0.407 e. The van der Waals surface area contributed by atoms with Crippen LogP contribution in [0.15, 0.2) is 24.3 Å². The molecule has 9 heteroatoms. The van der Waals surface area contributed by atoms with Crippen LogP contribution in [-0.4, -0.2) is 66.1 Å². The van der Waals surface area contributed by atoms with Crippen LogP contribution in [0.3, 0.4) is 0 Å². The monoisotopic (exact) mass is 378 g/mol. The molecule has 138 valence electrons. The van der Waals surface area contributed by atoms with Crippen LogP contribution < -0.4 is 5.32 Å². The number of hydrogen-bond acceptors (Lipinski definition) is 7. The van der Waals surface area contributed by atoms with Crippen LogP contribution in [0.2, 0.25) is 0 Å². The zero-order chi connectivity index (χ0) is 18.7. The lowest BCUT2D eigenvalue weighted by molar-refractivity contribution is -0.148. The minimum atomic E-state index is -0.579. The maximum absolute atomic E-state index is 12.3. The predicted octanol–water partition coefficient (Wildman–Crippen LogP) is 1.06. The molecule has 8 nitrogen and oxygen atoms in total. The number of benzene rings is 1. The van der Waals surface area contributed by atoms with Gasteiger partial charge < -0.3 is 14.8 Å². The van der Waals surface area contributed by atoms with Gasteiger partial charge in [-0.05, 0) is 12.1 Å². The van der Waals surface area contributed by atoms with Gasteiger partial charge in [-0.25, -0.2) is 4.79 Å². The van der Waals surface area contributed by atoms with E-state index in [9.17, 15) is 19.2 Å². The molecule has 3 amide bonds. The van der Waals surface area contributed by atoms with Crippen molar-refractivity contribution in [1.82, 2.24) is 10.2 Å². The van der Waals surface area contributed by atoms with Crippen molar-refractivity contribution in [1.29, 1.82) is 0 Å². The average Bonchev–Trinajstić information content (AvgIpc) is 3.16. The number of rotatable bonds is 5. The minimum absolute atomic E-state index is 0.0415. The Balaban J connectivity index is 1.53. The largest absolute Gasteiger partial charge is 0.459 e. The van der Waals surface area contributed by atoms with Gasteiger partial charge in [0.15, 0.2) is 0 Å². The van der Waals surface area contributed by atoms with Crippen LogP contribution >= 0.6 is 11.8 Å². The molecule has 2 aliphatic rings. The van der Waals surface area contributed by atoms with E-state index in [1.165, 1.54) is 7.11 Å². The van der Waals surface area contributed by atoms with E-state index in [0.29, 0.717) is 22.6 Å². The van der Waals surface area contributed by atoms with Gasteiger partial charge in [-0.2, -0.15) is 11.8 Å². The number of alkyl carbamates (subject to hydrolysis) is 1. The highest BCUT2D eigenvalue weighted by atomic mass is 32.2. The highest BCUT2D eigenvalue weighted by Crippen LogP contribution is 2.24. The Morgan fingerprint density at radius 1 is 1.19 bits per heavy atom. The summed E-state index contributed by atoms with van der Waals surface area (Å²) in [6, 6.07) is 6.23. The molecule has 2 aliphatic heterocycles. The van der Waals surface area contributed by atoms with E-state index in [0.717, 1.165) is 4.90 Å². The van der Waals surface area contributed by atoms with Gasteiger partial charge in [-0.3, -0.25) is 19.3 Å². The van der Waals surface area contributed by atoms with Crippen molar-refractivity contribution in [3.63, 3.8) is 0 Å². The Morgan fingerprint density at radius 2 is 1.85 bits per heavy atom. The first-order valence-electron chi connectivity index (χ1n) is 8.08. The van der Waals surface area contributed by atoms with Crippen molar-refractivity contribution in [3.8, 4) is 0 Å². The Bertz CT molecular complexity index is 718. The first kappa shape index (κ1) is 18.2. The number of thioether (sulfide) groups is 1. The summed E-state index contributed by atoms with van der Waals surface area (Å²) in [6.07, 6.45) is -1.14. The van der Waals surface area contributed by atoms with Crippen molar-refractivity contribution in [2.24, 2.45) is 0 Å². The minimum Gasteiger partial charge on any atom is -0.459 e. The number of nitrogens with one attached hydrogen (secondary N) is 1. The molecule has 0 unspecified atom stereocenters. The first-order valence-corrected chi connectivity index (χ1v) is 9.23. The second-order valence-corrected chi connectivity index (χ2v) is 6.94. The molecule has 1 aromatic rings. The van der Waals surface area contributed by atoms with E-state index >= 15 is 0 Å². The molecule has 0 aliphatic carbocycles. The van der Waals surface area contributed by atoms with Crippen LogP contribution in [0.25, 0.3) is 0 Å². The lowest BCUT2D eigenvalue weighted by Crippen LogP contribution is -2.44. The average molecular weight is 378 g/mol. The number of nitrogens with zero attached hydrogens (tertiary/aromatic N) is 1. The Kier molecular flexibility index (Phi) is 5.46. The summed E-state index contributed by atoms with van der Waals surface area (Å²) < 4.78 is 9.95. The van der Waals surface area contributed by atoms with Gasteiger partial charge in [-0.15, -0.1) is 0 Å². The molecule has 1 aromatic carbocycles. The Hall–Kier alpha value is -2.55. The number of imide groups is 1. The number of amides is 3. The van der Waals surface area contributed by atoms with Crippen LogP contribution in [0, 0.1) is 0 Å². The van der Waals surface area contributed by atoms with Crippen LogP contribution in [-0.2, 0) is 14.3 Å². The van der Waals surface area contributed by atoms with Crippen molar-refractivity contribution >= 4 is 35.6 Å². The SMILES string of the molecule is COC(=O)N[C@H]1CSC[C@@H]1OC(=O)CCN1C(=O)c2ccccc2C1=O. The van der Waals surface area contributed by atoms with E-state index in [2.05, 4.69) is 10.1 Å². The molecule has 0 bridgehead atoms. The topological polar surface area (TPSA) is 102 Å². The van der Waals surface area contributed by atoms with E-state index in [1.54, 1.807) is 36.0 Å². The Labute approximate surface area is 154 Å². The second-order valence-electron chi connectivity index (χ2n) is 5.87. The third-order valence-corrected chi connectivity index (χ3v) is 5.38. The summed E-state index contributed by atoms with van der Waals surface area (Å²) in [5.74, 6) is -0.148. The standard InChI is InChI=1S/C17H18N2O6S/c1-24-17(23)18-12-8-26-9-13(12)25-14(20)6-7-19-15(21)10-4-2-3-5-11(10)16(19)22/h2-5,12-13H,6-9H2,1H3,(H,18,23)/t12-,13-/m0/s1. The molecular formula is C17H18N2O6S. The van der Waals surface area contributed by atoms with Crippen molar-refractivity contribution in [2.45, 2.75) is 18.6 Å². The lowest BCUT2D eigenvalue weighted by atomic mass is 10.1. The van der Waals surface area contributed by atoms with E-state index in [1.807, 2.05) is 0 Å². The normalized spacial score (nSPS) is 21.5. The van der Waals surface area contributed by atoms with Gasteiger partial charge in [0.25, 0.3) is 11.8 Å². The van der Waals surface area contributed by atoms with Gasteiger partial charge >= 0.3 is 12.1 Å². The highest BCUT2D eigenvalue weighted by Gasteiger charge is 2.36. The van der Waals surface area contributed by atoms with Gasteiger partial charge in [0.05, 0.1) is 30.7 Å². The summed E-state index contributed by atoms with van der Waals surface area (Å²) in [4.78, 5) is 49.0. The fraction of sp³-hybridized carbons (Fsp3) is 0.412.